The van der Waals surface area contributed by atoms with E-state index in [-0.39, 0.29) is 89.9 Å². The van der Waals surface area contributed by atoms with E-state index in [4.69, 9.17) is 36.4 Å². The Kier molecular flexibility index (Phi) is 29.7. The van der Waals surface area contributed by atoms with Crippen LogP contribution in [-0.4, -0.2) is 176 Å². The molecule has 19 nitrogen and oxygen atoms in total. The molecular formula is C49H86N8O11S3. The number of hydrogen-bond donors (Lipinski definition) is 3. The number of carbonyl (C=O) groups excluding carboxylic acids is 5. The number of nitrogens with one attached hydrogen (secondary N) is 3. The molecule has 3 N–H and O–H groups in total. The second kappa shape index (κ2) is 31.5. The first-order valence-corrected chi connectivity index (χ1v) is 26.7. The molecule has 1 aromatic carbocycles. The molecule has 0 saturated carbocycles. The van der Waals surface area contributed by atoms with Crippen LogP contribution < -0.4 is 15.4 Å². The van der Waals surface area contributed by atoms with E-state index in [9.17, 15) is 32.4 Å². The Hall–Kier alpha value is -4.11. The molecule has 1 saturated heterocycles. The van der Waals surface area contributed by atoms with Crippen molar-refractivity contribution >= 4 is 74.6 Å². The quantitative estimate of drug-likeness (QED) is 0.0395. The van der Waals surface area contributed by atoms with Gasteiger partial charge in [-0.3, -0.25) is 48.3 Å². The van der Waals surface area contributed by atoms with E-state index in [0.29, 0.717) is 31.9 Å². The summed E-state index contributed by atoms with van der Waals surface area (Å²) in [6, 6.07) is 6.00. The predicted molar refractivity (Wildman–Crippen MR) is 284 cm³/mol. The number of thioether (sulfide) groups is 1. The molecule has 1 heterocycles. The third-order valence-corrected chi connectivity index (χ3v) is 11.6. The van der Waals surface area contributed by atoms with Crippen molar-refractivity contribution in [2.24, 2.45) is 0 Å². The molecule has 0 spiro atoms. The number of nitriles is 1. The minimum Gasteiger partial charge on any atom is -0.459 e. The number of carbonyl (C=O) groups is 5. The zero-order chi connectivity index (χ0) is 53.5. The molecule has 22 heteroatoms. The molecule has 1 amide bonds. The average molecular weight is 1060 g/mol. The number of benzene rings is 1. The van der Waals surface area contributed by atoms with Crippen LogP contribution in [0.25, 0.3) is 0 Å². The summed E-state index contributed by atoms with van der Waals surface area (Å²) in [5, 5.41) is 17.1. The van der Waals surface area contributed by atoms with Gasteiger partial charge in [0.05, 0.1) is 25.4 Å². The van der Waals surface area contributed by atoms with Crippen molar-refractivity contribution in [2.45, 2.75) is 157 Å². The van der Waals surface area contributed by atoms with Gasteiger partial charge in [-0.25, -0.2) is 8.42 Å². The highest BCUT2D eigenvalue weighted by molar-refractivity contribution is 8.03. The third-order valence-electron chi connectivity index (χ3n) is 9.37. The van der Waals surface area contributed by atoms with Gasteiger partial charge in [0.1, 0.15) is 33.8 Å². The molecule has 2 rings (SSSR count). The summed E-state index contributed by atoms with van der Waals surface area (Å²) in [5.74, 6) is -3.17. The maximum Gasteiger partial charge on any atom is 0.323 e. The van der Waals surface area contributed by atoms with Gasteiger partial charge in [-0.15, -0.1) is 0 Å². The van der Waals surface area contributed by atoms with Crippen LogP contribution in [0, 0.1) is 10.7 Å². The van der Waals surface area contributed by atoms with E-state index >= 15 is 0 Å². The summed E-state index contributed by atoms with van der Waals surface area (Å²) in [6.45, 7) is 27.3. The number of rotatable bonds is 18. The van der Waals surface area contributed by atoms with Crippen molar-refractivity contribution in [1.29, 1.82) is 5.26 Å². The number of amides is 1. The lowest BCUT2D eigenvalue weighted by Crippen LogP contribution is -2.53. The van der Waals surface area contributed by atoms with Crippen LogP contribution in [0.4, 0.5) is 5.69 Å². The normalized spacial score (nSPS) is 15.6. The van der Waals surface area contributed by atoms with E-state index in [1.165, 1.54) is 0 Å². The van der Waals surface area contributed by atoms with Gasteiger partial charge in [-0.1, -0.05) is 21.3 Å². The lowest BCUT2D eigenvalue weighted by atomic mass is 10.1. The zero-order valence-electron chi connectivity index (χ0n) is 44.2. The van der Waals surface area contributed by atoms with Crippen molar-refractivity contribution in [3.8, 4) is 5.40 Å². The third kappa shape index (κ3) is 32.6. The minimum absolute atomic E-state index is 0. The van der Waals surface area contributed by atoms with Crippen LogP contribution >= 0.6 is 24.0 Å². The van der Waals surface area contributed by atoms with E-state index in [1.807, 2.05) is 38.8 Å². The predicted octanol–water partition coefficient (Wildman–Crippen LogP) is 5.78. The molecule has 0 aliphatic carbocycles. The molecule has 0 aromatic heterocycles. The summed E-state index contributed by atoms with van der Waals surface area (Å²) >= 11 is 6.35. The monoisotopic (exact) mass is 1060 g/mol. The van der Waals surface area contributed by atoms with Crippen LogP contribution in [0.3, 0.4) is 0 Å². The molecule has 1 aliphatic rings. The lowest BCUT2D eigenvalue weighted by molar-refractivity contribution is -0.163. The maximum absolute atomic E-state index is 14.1. The van der Waals surface area contributed by atoms with E-state index in [2.05, 4.69) is 15.4 Å². The number of anilines is 1. The van der Waals surface area contributed by atoms with Crippen molar-refractivity contribution in [3.05, 3.63) is 24.3 Å². The Balaban J connectivity index is 0.0000161. The molecule has 1 fully saturated rings. The van der Waals surface area contributed by atoms with Crippen LogP contribution in [0.15, 0.2) is 29.2 Å². The first-order valence-electron chi connectivity index (χ1n) is 23.8. The Morgan fingerprint density at radius 2 is 1.08 bits per heavy atom. The summed E-state index contributed by atoms with van der Waals surface area (Å²) < 4.78 is 51.1. The molecule has 0 bridgehead atoms. The minimum atomic E-state index is -4.08. The zero-order valence-corrected chi connectivity index (χ0v) is 46.6. The SMILES string of the molecule is C.CC.CC(C)(C)OC(=O)CN1CCN(CC(=O)OC(C)(C)C)CCN(C(CCC(=O)NS(=O)(=O)CCCNC(=S)Nc2ccc(SC#N)cc2)C(=O)OC(C)(C)C)CCN(CC(=O)OC(C)(C)C)CC1. The molecule has 1 atom stereocenters. The fourth-order valence-electron chi connectivity index (χ4n) is 6.67. The van der Waals surface area contributed by atoms with Gasteiger partial charge in [-0.05, 0) is 144 Å². The highest BCUT2D eigenvalue weighted by Gasteiger charge is 2.33. The first-order chi connectivity index (χ1) is 32.3. The van der Waals surface area contributed by atoms with Crippen molar-refractivity contribution in [1.82, 2.24) is 29.6 Å². The fourth-order valence-corrected chi connectivity index (χ4v) is 8.34. The van der Waals surface area contributed by atoms with Gasteiger partial charge >= 0.3 is 23.9 Å². The number of ether oxygens (including phenoxy) is 4. The molecular weight excluding hydrogens is 973 g/mol. The average Bonchev–Trinajstić information content (AvgIpc) is 3.18. The number of sulfonamides is 1. The number of nitrogens with zero attached hydrogens (tertiary/aromatic N) is 5. The summed E-state index contributed by atoms with van der Waals surface area (Å²) in [6.07, 6.45) is -0.342. The van der Waals surface area contributed by atoms with Crippen LogP contribution in [-0.2, 0) is 52.9 Å². The second-order valence-electron chi connectivity index (χ2n) is 20.5. The Labute approximate surface area is 435 Å². The number of thiocyanates is 1. The summed E-state index contributed by atoms with van der Waals surface area (Å²) in [7, 11) is -4.08. The molecule has 406 valence electrons. The topological polar surface area (TPSA) is 229 Å². The molecule has 1 aliphatic heterocycles. The van der Waals surface area contributed by atoms with Crippen LogP contribution in [0.1, 0.15) is 124 Å². The first kappa shape index (κ1) is 66.9. The smallest absolute Gasteiger partial charge is 0.323 e. The van der Waals surface area contributed by atoms with Gasteiger partial charge in [-0.2, -0.15) is 5.26 Å². The molecule has 1 unspecified atom stereocenters. The Morgan fingerprint density at radius 3 is 1.46 bits per heavy atom. The fraction of sp³-hybridized carbons (Fsp3) is 0.735. The molecule has 1 aromatic rings. The van der Waals surface area contributed by atoms with Crippen molar-refractivity contribution in [2.75, 3.05) is 89.6 Å². The largest absolute Gasteiger partial charge is 0.459 e. The molecule has 71 heavy (non-hydrogen) atoms. The number of thiocarbonyl (C=S) groups is 1. The maximum atomic E-state index is 14.1. The Bertz CT molecular complexity index is 1940. The van der Waals surface area contributed by atoms with Crippen molar-refractivity contribution in [3.63, 3.8) is 0 Å². The van der Waals surface area contributed by atoms with E-state index in [1.54, 1.807) is 107 Å². The van der Waals surface area contributed by atoms with Gasteiger partial charge in [0.15, 0.2) is 5.11 Å². The van der Waals surface area contributed by atoms with Crippen molar-refractivity contribution < 1.29 is 51.3 Å². The second-order valence-corrected chi connectivity index (χ2v) is 23.6. The van der Waals surface area contributed by atoms with Gasteiger partial charge in [0, 0.05) is 75.9 Å². The standard InChI is InChI=1S/C46H76N8O11S3.C2H6.CH4/c1-43(2,3)62-38(56)30-51-21-23-52(31-39(57)63-44(4,5)6)25-27-54(28-26-53(24-22-51)32-40(58)64-45(7,8)9)36(41(59)65-46(10,11)12)18-19-37(55)50-68(60,61)29-13-20-48-42(66)49-34-14-16-35(17-15-34)67-33-47;1-2;/h14-17,36H,13,18-32H2,1-12H3,(H,50,55)(H2,48,49,66);1-2H3;1H4. The van der Waals surface area contributed by atoms with Gasteiger partial charge in [0.25, 0.3) is 0 Å². The molecule has 0 radical (unpaired) electrons. The lowest BCUT2D eigenvalue weighted by Gasteiger charge is -2.37. The van der Waals surface area contributed by atoms with E-state index in [0.717, 1.165) is 16.7 Å². The summed E-state index contributed by atoms with van der Waals surface area (Å²) in [4.78, 5) is 75.3. The number of esters is 4. The van der Waals surface area contributed by atoms with E-state index < -0.39 is 68.3 Å². The van der Waals surface area contributed by atoms with Crippen LogP contribution in [0.2, 0.25) is 0 Å². The van der Waals surface area contributed by atoms with Gasteiger partial charge < -0.3 is 29.6 Å². The van der Waals surface area contributed by atoms with Gasteiger partial charge in [0.2, 0.25) is 15.9 Å². The Morgan fingerprint density at radius 1 is 0.690 bits per heavy atom. The van der Waals surface area contributed by atoms with Crippen LogP contribution in [0.5, 0.6) is 0 Å². The highest BCUT2D eigenvalue weighted by atomic mass is 32.2. The summed E-state index contributed by atoms with van der Waals surface area (Å²) in [5.41, 5.74) is -2.44. The number of hydrogen-bond acceptors (Lipinski definition) is 18. The highest BCUT2D eigenvalue weighted by Crippen LogP contribution is 2.20.